The monoisotopic (exact) mass is 263 g/mol. The predicted molar refractivity (Wildman–Crippen MR) is 75.1 cm³/mol. The van der Waals surface area contributed by atoms with Gasteiger partial charge in [-0.15, -0.1) is 0 Å². The van der Waals surface area contributed by atoms with Crippen molar-refractivity contribution in [2.45, 2.75) is 50.7 Å². The van der Waals surface area contributed by atoms with Gasteiger partial charge in [0.05, 0.1) is 6.10 Å². The van der Waals surface area contributed by atoms with Gasteiger partial charge in [0.1, 0.15) is 0 Å². The fourth-order valence-electron chi connectivity index (χ4n) is 4.36. The summed E-state index contributed by atoms with van der Waals surface area (Å²) < 4.78 is 5.96. The molecule has 0 amide bonds. The van der Waals surface area contributed by atoms with Gasteiger partial charge in [-0.05, 0) is 38.0 Å². The third kappa shape index (κ3) is 1.79. The molecule has 4 heteroatoms. The van der Waals surface area contributed by atoms with Gasteiger partial charge in [0.15, 0.2) is 5.96 Å². The Morgan fingerprint density at radius 1 is 1.32 bits per heavy atom. The number of ether oxygens (including phenoxy) is 1. The lowest BCUT2D eigenvalue weighted by molar-refractivity contribution is -0.171. The molecule has 4 nitrogen and oxygen atoms in total. The van der Waals surface area contributed by atoms with Gasteiger partial charge in [-0.1, -0.05) is 6.42 Å². The van der Waals surface area contributed by atoms with Crippen LogP contribution in [0.1, 0.15) is 38.5 Å². The molecule has 4 rings (SSSR count). The summed E-state index contributed by atoms with van der Waals surface area (Å²) in [5.74, 6) is 2.62. The Bertz CT molecular complexity index is 387. The molecule has 1 saturated heterocycles. The molecule has 19 heavy (non-hydrogen) atoms. The molecule has 2 N–H and O–H groups in total. The number of nitrogens with zero attached hydrogens (tertiary/aromatic N) is 1. The second-order valence-electron chi connectivity index (χ2n) is 6.85. The molecule has 0 aromatic carbocycles. The SMILES string of the molecule is CN=C(NCC1CC1)NC1C2CCOC2C12CCC2. The highest BCUT2D eigenvalue weighted by Crippen LogP contribution is 2.62. The van der Waals surface area contributed by atoms with Gasteiger partial charge >= 0.3 is 0 Å². The maximum absolute atomic E-state index is 5.96. The normalized spacial score (nSPS) is 39.4. The first kappa shape index (κ1) is 12.0. The summed E-state index contributed by atoms with van der Waals surface area (Å²) in [4.78, 5) is 4.40. The van der Waals surface area contributed by atoms with Crippen molar-refractivity contribution in [3.63, 3.8) is 0 Å². The highest BCUT2D eigenvalue weighted by atomic mass is 16.5. The van der Waals surface area contributed by atoms with E-state index in [-0.39, 0.29) is 0 Å². The Hall–Kier alpha value is -0.770. The summed E-state index contributed by atoms with van der Waals surface area (Å²) in [5, 5.41) is 7.20. The largest absolute Gasteiger partial charge is 0.377 e. The topological polar surface area (TPSA) is 45.7 Å². The van der Waals surface area contributed by atoms with E-state index in [4.69, 9.17) is 4.74 Å². The number of hydrogen-bond acceptors (Lipinski definition) is 2. The van der Waals surface area contributed by atoms with Crippen molar-refractivity contribution in [3.8, 4) is 0 Å². The van der Waals surface area contributed by atoms with Crippen molar-refractivity contribution < 1.29 is 4.74 Å². The zero-order valence-electron chi connectivity index (χ0n) is 11.8. The Morgan fingerprint density at radius 2 is 2.16 bits per heavy atom. The minimum atomic E-state index is 0.443. The van der Waals surface area contributed by atoms with Crippen LogP contribution in [-0.2, 0) is 4.74 Å². The minimum absolute atomic E-state index is 0.443. The Balaban J connectivity index is 1.40. The second-order valence-corrected chi connectivity index (χ2v) is 6.85. The van der Waals surface area contributed by atoms with Gasteiger partial charge in [0.2, 0.25) is 0 Å². The number of nitrogens with one attached hydrogen (secondary N) is 2. The van der Waals surface area contributed by atoms with E-state index in [1.54, 1.807) is 0 Å². The maximum Gasteiger partial charge on any atom is 0.191 e. The minimum Gasteiger partial charge on any atom is -0.377 e. The lowest BCUT2D eigenvalue weighted by atomic mass is 9.46. The molecule has 3 saturated carbocycles. The maximum atomic E-state index is 5.96. The van der Waals surface area contributed by atoms with E-state index in [1.807, 2.05) is 7.05 Å². The Morgan fingerprint density at radius 3 is 2.79 bits per heavy atom. The lowest BCUT2D eigenvalue weighted by Gasteiger charge is -2.63. The van der Waals surface area contributed by atoms with E-state index in [1.165, 1.54) is 38.5 Å². The predicted octanol–water partition coefficient (Wildman–Crippen LogP) is 1.52. The van der Waals surface area contributed by atoms with Crippen LogP contribution in [-0.4, -0.2) is 38.3 Å². The number of hydrogen-bond donors (Lipinski definition) is 2. The van der Waals surface area contributed by atoms with Crippen LogP contribution in [0.3, 0.4) is 0 Å². The third-order valence-electron chi connectivity index (χ3n) is 5.81. The molecule has 3 unspecified atom stereocenters. The standard InChI is InChI=1S/C15H25N3O/c1-16-14(17-9-10-3-4-10)18-12-11-5-8-19-13(11)15(12)6-2-7-15/h10-13H,2-9H2,1H3,(H2,16,17,18). The zero-order valence-corrected chi connectivity index (χ0v) is 11.8. The smallest absolute Gasteiger partial charge is 0.191 e. The highest BCUT2D eigenvalue weighted by Gasteiger charge is 2.66. The quantitative estimate of drug-likeness (QED) is 0.599. The van der Waals surface area contributed by atoms with Gasteiger partial charge in [0, 0.05) is 37.6 Å². The Labute approximate surface area is 115 Å². The van der Waals surface area contributed by atoms with Crippen LogP contribution in [0.4, 0.5) is 0 Å². The van der Waals surface area contributed by atoms with Crippen LogP contribution < -0.4 is 10.6 Å². The van der Waals surface area contributed by atoms with Gasteiger partial charge < -0.3 is 15.4 Å². The molecular weight excluding hydrogens is 238 g/mol. The van der Waals surface area contributed by atoms with E-state index >= 15 is 0 Å². The van der Waals surface area contributed by atoms with Crippen LogP contribution in [0.5, 0.6) is 0 Å². The number of aliphatic imine (C=N–C) groups is 1. The molecule has 3 atom stereocenters. The van der Waals surface area contributed by atoms with Crippen molar-refractivity contribution in [3.05, 3.63) is 0 Å². The van der Waals surface area contributed by atoms with Gasteiger partial charge in [-0.25, -0.2) is 0 Å². The molecular formula is C15H25N3O. The van der Waals surface area contributed by atoms with Crippen LogP contribution >= 0.6 is 0 Å². The molecule has 1 spiro atoms. The highest BCUT2D eigenvalue weighted by molar-refractivity contribution is 5.80. The molecule has 0 radical (unpaired) electrons. The molecule has 1 heterocycles. The average Bonchev–Trinajstić information content (AvgIpc) is 3.09. The van der Waals surface area contributed by atoms with Crippen LogP contribution in [0, 0.1) is 17.3 Å². The summed E-state index contributed by atoms with van der Waals surface area (Å²) in [6.45, 7) is 2.05. The van der Waals surface area contributed by atoms with Crippen molar-refractivity contribution in [2.24, 2.45) is 22.2 Å². The lowest BCUT2D eigenvalue weighted by Crippen LogP contribution is -2.72. The Kier molecular flexibility index (Phi) is 2.76. The van der Waals surface area contributed by atoms with Crippen LogP contribution in [0.25, 0.3) is 0 Å². The van der Waals surface area contributed by atoms with Crippen molar-refractivity contribution in [1.82, 2.24) is 10.6 Å². The van der Waals surface area contributed by atoms with Gasteiger partial charge in [0.25, 0.3) is 0 Å². The summed E-state index contributed by atoms with van der Waals surface area (Å²) in [5.41, 5.74) is 0.443. The van der Waals surface area contributed by atoms with Crippen molar-refractivity contribution >= 4 is 5.96 Å². The second kappa shape index (κ2) is 4.37. The fourth-order valence-corrected chi connectivity index (χ4v) is 4.36. The number of fused-ring (bicyclic) bond motifs is 2. The van der Waals surface area contributed by atoms with E-state index < -0.39 is 0 Å². The number of rotatable bonds is 3. The van der Waals surface area contributed by atoms with E-state index in [0.29, 0.717) is 17.6 Å². The zero-order chi connectivity index (χ0) is 12.9. The summed E-state index contributed by atoms with van der Waals surface area (Å²) >= 11 is 0. The third-order valence-corrected chi connectivity index (χ3v) is 5.81. The molecule has 4 fully saturated rings. The van der Waals surface area contributed by atoms with Crippen molar-refractivity contribution in [2.75, 3.05) is 20.2 Å². The average molecular weight is 263 g/mol. The van der Waals surface area contributed by atoms with E-state index in [9.17, 15) is 0 Å². The van der Waals surface area contributed by atoms with E-state index in [0.717, 1.165) is 30.9 Å². The molecule has 0 aromatic rings. The van der Waals surface area contributed by atoms with Gasteiger partial charge in [-0.3, -0.25) is 4.99 Å². The molecule has 0 aromatic heterocycles. The summed E-state index contributed by atoms with van der Waals surface area (Å²) in [6, 6.07) is 0.596. The first-order chi connectivity index (χ1) is 9.33. The number of guanidine groups is 1. The van der Waals surface area contributed by atoms with E-state index in [2.05, 4.69) is 15.6 Å². The summed E-state index contributed by atoms with van der Waals surface area (Å²) in [7, 11) is 1.89. The van der Waals surface area contributed by atoms with Crippen LogP contribution in [0.2, 0.25) is 0 Å². The molecule has 1 aliphatic heterocycles. The molecule has 0 bridgehead atoms. The molecule has 106 valence electrons. The summed E-state index contributed by atoms with van der Waals surface area (Å²) in [6.07, 6.45) is 8.59. The first-order valence-electron chi connectivity index (χ1n) is 7.92. The fraction of sp³-hybridized carbons (Fsp3) is 0.933. The van der Waals surface area contributed by atoms with Gasteiger partial charge in [-0.2, -0.15) is 0 Å². The first-order valence-corrected chi connectivity index (χ1v) is 7.92. The van der Waals surface area contributed by atoms with Crippen molar-refractivity contribution in [1.29, 1.82) is 0 Å². The molecule has 3 aliphatic carbocycles. The molecule has 4 aliphatic rings. The van der Waals surface area contributed by atoms with Crippen LogP contribution in [0.15, 0.2) is 4.99 Å².